The van der Waals surface area contributed by atoms with Gasteiger partial charge in [0.15, 0.2) is 0 Å². The summed E-state index contributed by atoms with van der Waals surface area (Å²) >= 11 is 0. The number of halogens is 1. The molecule has 2 rings (SSSR count). The Labute approximate surface area is 105 Å². The summed E-state index contributed by atoms with van der Waals surface area (Å²) in [6.45, 7) is 2.93. The van der Waals surface area contributed by atoms with Crippen LogP contribution in [0.25, 0.3) is 0 Å². The maximum absolute atomic E-state index is 13.7. The fourth-order valence-electron chi connectivity index (χ4n) is 1.93. The largest absolute Gasteiger partial charge is 0.354 e. The lowest BCUT2D eigenvalue weighted by Crippen LogP contribution is -2.34. The Morgan fingerprint density at radius 3 is 2.89 bits per heavy atom. The molecule has 5 heteroatoms. The van der Waals surface area contributed by atoms with Crippen LogP contribution < -0.4 is 5.32 Å². The predicted octanol–water partition coefficient (Wildman–Crippen LogP) is 1.10. The van der Waals surface area contributed by atoms with E-state index in [2.05, 4.69) is 5.32 Å². The molecule has 96 valence electrons. The van der Waals surface area contributed by atoms with Gasteiger partial charge in [0, 0.05) is 26.1 Å². The molecule has 4 nitrogen and oxygen atoms in total. The van der Waals surface area contributed by atoms with Gasteiger partial charge < -0.3 is 10.2 Å². The zero-order valence-corrected chi connectivity index (χ0v) is 10.2. The number of rotatable bonds is 1. The van der Waals surface area contributed by atoms with Crippen molar-refractivity contribution in [3.8, 4) is 0 Å². The highest BCUT2D eigenvalue weighted by atomic mass is 19.1. The fraction of sp³-hybridized carbons (Fsp3) is 0.385. The molecule has 1 saturated heterocycles. The van der Waals surface area contributed by atoms with Gasteiger partial charge >= 0.3 is 0 Å². The Bertz CT molecular complexity index is 488. The average Bonchev–Trinajstić information content (AvgIpc) is 2.53. The molecule has 0 saturated carbocycles. The van der Waals surface area contributed by atoms with Crippen molar-refractivity contribution < 1.29 is 14.0 Å². The van der Waals surface area contributed by atoms with Gasteiger partial charge in [0.2, 0.25) is 5.91 Å². The van der Waals surface area contributed by atoms with Crippen LogP contribution in [-0.2, 0) is 4.79 Å². The van der Waals surface area contributed by atoms with E-state index in [1.54, 1.807) is 13.0 Å². The average molecular weight is 250 g/mol. The van der Waals surface area contributed by atoms with E-state index in [0.717, 1.165) is 5.56 Å². The third kappa shape index (κ3) is 2.67. The van der Waals surface area contributed by atoms with Gasteiger partial charge in [-0.15, -0.1) is 0 Å². The predicted molar refractivity (Wildman–Crippen MR) is 64.7 cm³/mol. The number of aryl methyl sites for hydroxylation is 1. The summed E-state index contributed by atoms with van der Waals surface area (Å²) in [5.41, 5.74) is 0.840. The van der Waals surface area contributed by atoms with E-state index >= 15 is 0 Å². The first-order chi connectivity index (χ1) is 8.58. The summed E-state index contributed by atoms with van der Waals surface area (Å²) in [4.78, 5) is 24.8. The first-order valence-electron chi connectivity index (χ1n) is 5.90. The lowest BCUT2D eigenvalue weighted by Gasteiger charge is -2.19. The highest BCUT2D eigenvalue weighted by Gasteiger charge is 2.21. The molecule has 1 aromatic rings. The molecular weight excluding hydrogens is 235 g/mol. The summed E-state index contributed by atoms with van der Waals surface area (Å²) in [6.07, 6.45) is 0.263. The van der Waals surface area contributed by atoms with Crippen molar-refractivity contribution in [3.63, 3.8) is 0 Å². The highest BCUT2D eigenvalue weighted by Crippen LogP contribution is 2.13. The minimum atomic E-state index is -0.511. The van der Waals surface area contributed by atoms with E-state index in [4.69, 9.17) is 0 Å². The van der Waals surface area contributed by atoms with Gasteiger partial charge in [0.25, 0.3) is 5.91 Å². The molecule has 0 aliphatic carbocycles. The fourth-order valence-corrected chi connectivity index (χ4v) is 1.93. The molecule has 0 unspecified atom stereocenters. The van der Waals surface area contributed by atoms with E-state index < -0.39 is 5.82 Å². The summed E-state index contributed by atoms with van der Waals surface area (Å²) in [5, 5.41) is 2.68. The highest BCUT2D eigenvalue weighted by molar-refractivity contribution is 5.95. The van der Waals surface area contributed by atoms with Crippen molar-refractivity contribution in [1.82, 2.24) is 10.2 Å². The summed E-state index contributed by atoms with van der Waals surface area (Å²) in [5.74, 6) is -0.942. The van der Waals surface area contributed by atoms with Crippen LogP contribution in [0.15, 0.2) is 18.2 Å². The van der Waals surface area contributed by atoms with Crippen LogP contribution >= 0.6 is 0 Å². The van der Waals surface area contributed by atoms with Crippen molar-refractivity contribution in [2.45, 2.75) is 13.3 Å². The number of amides is 2. The first kappa shape index (κ1) is 12.5. The number of benzene rings is 1. The van der Waals surface area contributed by atoms with Crippen LogP contribution in [0.3, 0.4) is 0 Å². The summed E-state index contributed by atoms with van der Waals surface area (Å²) in [6, 6.07) is 4.54. The van der Waals surface area contributed by atoms with E-state index in [1.807, 2.05) is 0 Å². The maximum Gasteiger partial charge on any atom is 0.256 e. The summed E-state index contributed by atoms with van der Waals surface area (Å²) in [7, 11) is 0. The van der Waals surface area contributed by atoms with Gasteiger partial charge in [-0.2, -0.15) is 0 Å². The lowest BCUT2D eigenvalue weighted by molar-refractivity contribution is -0.120. The van der Waals surface area contributed by atoms with Crippen LogP contribution in [0.1, 0.15) is 22.3 Å². The van der Waals surface area contributed by atoms with Gasteiger partial charge in [0.05, 0.1) is 5.56 Å². The Balaban J connectivity index is 2.17. The van der Waals surface area contributed by atoms with Crippen molar-refractivity contribution in [2.24, 2.45) is 0 Å². The van der Waals surface area contributed by atoms with E-state index in [9.17, 15) is 14.0 Å². The number of carbonyl (C=O) groups excluding carboxylic acids is 2. The Kier molecular flexibility index (Phi) is 3.60. The third-order valence-corrected chi connectivity index (χ3v) is 2.95. The normalized spacial score (nSPS) is 16.1. The molecule has 0 bridgehead atoms. The standard InChI is InChI=1S/C13H15FN2O2/c1-9-2-3-10(11(14)8-9)13(18)16-6-4-12(17)15-5-7-16/h2-3,8H,4-7H2,1H3,(H,15,17). The topological polar surface area (TPSA) is 49.4 Å². The lowest BCUT2D eigenvalue weighted by atomic mass is 10.1. The number of carbonyl (C=O) groups is 2. The minimum absolute atomic E-state index is 0.0648. The molecule has 1 aromatic carbocycles. The van der Waals surface area contributed by atoms with Gasteiger partial charge in [-0.3, -0.25) is 9.59 Å². The van der Waals surface area contributed by atoms with Gasteiger partial charge in [0.1, 0.15) is 5.82 Å². The molecule has 18 heavy (non-hydrogen) atoms. The number of hydrogen-bond acceptors (Lipinski definition) is 2. The quantitative estimate of drug-likeness (QED) is 0.811. The molecule has 1 N–H and O–H groups in total. The van der Waals surface area contributed by atoms with Crippen molar-refractivity contribution >= 4 is 11.8 Å². The van der Waals surface area contributed by atoms with Gasteiger partial charge in [-0.05, 0) is 24.6 Å². The maximum atomic E-state index is 13.7. The van der Waals surface area contributed by atoms with E-state index in [1.165, 1.54) is 17.0 Å². The van der Waals surface area contributed by atoms with Crippen molar-refractivity contribution in [1.29, 1.82) is 0 Å². The number of nitrogens with one attached hydrogen (secondary N) is 1. The molecule has 0 atom stereocenters. The molecular formula is C13H15FN2O2. The van der Waals surface area contributed by atoms with Crippen LogP contribution in [0.2, 0.25) is 0 Å². The Hall–Kier alpha value is -1.91. The van der Waals surface area contributed by atoms with Crippen molar-refractivity contribution in [2.75, 3.05) is 19.6 Å². The first-order valence-corrected chi connectivity index (χ1v) is 5.90. The molecule has 0 aromatic heterocycles. The van der Waals surface area contributed by atoms with E-state index in [-0.39, 0.29) is 23.8 Å². The zero-order chi connectivity index (χ0) is 13.1. The van der Waals surface area contributed by atoms with Gasteiger partial charge in [-0.25, -0.2) is 4.39 Å². The van der Waals surface area contributed by atoms with Gasteiger partial charge in [-0.1, -0.05) is 6.07 Å². The van der Waals surface area contributed by atoms with Crippen LogP contribution in [0.4, 0.5) is 4.39 Å². The second-order valence-corrected chi connectivity index (χ2v) is 4.38. The van der Waals surface area contributed by atoms with Crippen LogP contribution in [0.5, 0.6) is 0 Å². The number of hydrogen-bond donors (Lipinski definition) is 1. The second kappa shape index (κ2) is 5.16. The molecule has 1 fully saturated rings. The zero-order valence-electron chi connectivity index (χ0n) is 10.2. The Morgan fingerprint density at radius 2 is 2.17 bits per heavy atom. The molecule has 1 aliphatic rings. The SMILES string of the molecule is Cc1ccc(C(=O)N2CCNC(=O)CC2)c(F)c1. The van der Waals surface area contributed by atoms with Crippen LogP contribution in [0, 0.1) is 12.7 Å². The Morgan fingerprint density at radius 1 is 1.39 bits per heavy atom. The number of nitrogens with zero attached hydrogens (tertiary/aromatic N) is 1. The third-order valence-electron chi connectivity index (χ3n) is 2.95. The van der Waals surface area contributed by atoms with E-state index in [0.29, 0.717) is 19.6 Å². The molecule has 0 radical (unpaired) electrons. The summed E-state index contributed by atoms with van der Waals surface area (Å²) < 4.78 is 13.7. The molecule has 1 aliphatic heterocycles. The van der Waals surface area contributed by atoms with Crippen LogP contribution in [-0.4, -0.2) is 36.3 Å². The van der Waals surface area contributed by atoms with Crippen molar-refractivity contribution in [3.05, 3.63) is 35.1 Å². The molecule has 2 amide bonds. The monoisotopic (exact) mass is 250 g/mol. The molecule has 0 spiro atoms. The smallest absolute Gasteiger partial charge is 0.256 e. The molecule has 1 heterocycles. The second-order valence-electron chi connectivity index (χ2n) is 4.38. The minimum Gasteiger partial charge on any atom is -0.354 e.